The summed E-state index contributed by atoms with van der Waals surface area (Å²) in [5, 5.41) is 0. The lowest BCUT2D eigenvalue weighted by Gasteiger charge is -2.31. The van der Waals surface area contributed by atoms with Crippen LogP contribution < -0.4 is 0 Å². The number of halogens is 3. The predicted molar refractivity (Wildman–Crippen MR) is 106 cm³/mol. The molecular weight excluding hydrogens is 413 g/mol. The number of hydrogen-bond donors (Lipinski definition) is 0. The van der Waals surface area contributed by atoms with E-state index in [1.54, 1.807) is 18.7 Å². The number of alkyl halides is 3. The topological polar surface area (TPSA) is 66.9 Å². The zero-order valence-electron chi connectivity index (χ0n) is 17.7. The Kier molecular flexibility index (Phi) is 6.73. The van der Waals surface area contributed by atoms with Gasteiger partial charge in [-0.05, 0) is 38.3 Å². The second kappa shape index (κ2) is 8.98. The average Bonchev–Trinajstić information content (AvgIpc) is 3.32. The van der Waals surface area contributed by atoms with Crippen molar-refractivity contribution < 1.29 is 32.3 Å². The standard InChI is InChI=1S/C22H27F3N2O4/c1-3-26(14-17-9-6-10-31-17)18(28)12-21(13-19(29)27(4-2)20(21)30)15-7-5-8-16(11-15)22(23,24)25/h5,7-8,11,17H,3-4,6,9-10,12-14H2,1-2H3/t17-,21-/m0/s1. The Morgan fingerprint density at radius 2 is 2.03 bits per heavy atom. The molecule has 2 fully saturated rings. The predicted octanol–water partition coefficient (Wildman–Crippen LogP) is 3.14. The highest BCUT2D eigenvalue weighted by Gasteiger charge is 2.54. The van der Waals surface area contributed by atoms with E-state index in [2.05, 4.69) is 0 Å². The van der Waals surface area contributed by atoms with Crippen LogP contribution in [0, 0.1) is 0 Å². The van der Waals surface area contributed by atoms with E-state index in [9.17, 15) is 27.6 Å². The highest BCUT2D eigenvalue weighted by atomic mass is 19.4. The summed E-state index contributed by atoms with van der Waals surface area (Å²) >= 11 is 0. The van der Waals surface area contributed by atoms with Crippen LogP contribution in [0.1, 0.15) is 50.7 Å². The normalized spacial score (nSPS) is 24.2. The van der Waals surface area contributed by atoms with Crippen LogP contribution in [0.3, 0.4) is 0 Å². The maximum absolute atomic E-state index is 13.3. The molecule has 0 aromatic heterocycles. The van der Waals surface area contributed by atoms with Gasteiger partial charge in [-0.15, -0.1) is 0 Å². The second-order valence-corrected chi connectivity index (χ2v) is 8.02. The lowest BCUT2D eigenvalue weighted by molar-refractivity contribution is -0.143. The highest BCUT2D eigenvalue weighted by Crippen LogP contribution is 2.42. The number of ether oxygens (including phenoxy) is 1. The first-order valence-corrected chi connectivity index (χ1v) is 10.5. The molecule has 0 spiro atoms. The molecule has 9 heteroatoms. The maximum Gasteiger partial charge on any atom is 0.416 e. The summed E-state index contributed by atoms with van der Waals surface area (Å²) in [5.41, 5.74) is -2.52. The van der Waals surface area contributed by atoms with Crippen molar-refractivity contribution in [3.05, 3.63) is 35.4 Å². The van der Waals surface area contributed by atoms with Crippen molar-refractivity contribution in [3.8, 4) is 0 Å². The number of likely N-dealkylation sites (tertiary alicyclic amines) is 1. The van der Waals surface area contributed by atoms with Gasteiger partial charge in [0.1, 0.15) is 0 Å². The molecule has 170 valence electrons. The Morgan fingerprint density at radius 3 is 2.58 bits per heavy atom. The molecule has 0 unspecified atom stereocenters. The molecule has 2 atom stereocenters. The highest BCUT2D eigenvalue weighted by molar-refractivity contribution is 6.10. The van der Waals surface area contributed by atoms with Crippen LogP contribution in [-0.2, 0) is 30.7 Å². The van der Waals surface area contributed by atoms with Crippen molar-refractivity contribution in [1.29, 1.82) is 0 Å². The summed E-state index contributed by atoms with van der Waals surface area (Å²) in [6.45, 7) is 4.87. The van der Waals surface area contributed by atoms with E-state index in [0.717, 1.165) is 29.9 Å². The van der Waals surface area contributed by atoms with Gasteiger partial charge < -0.3 is 9.64 Å². The molecule has 3 amide bonds. The SMILES string of the molecule is CCN(C[C@@H]1CCCO1)C(=O)C[C@@]1(c2cccc(C(F)(F)F)c2)CC(=O)N(CC)C1=O. The average molecular weight is 440 g/mol. The van der Waals surface area contributed by atoms with E-state index in [-0.39, 0.29) is 37.0 Å². The number of likely N-dealkylation sites (N-methyl/N-ethyl adjacent to an activating group) is 2. The molecule has 0 bridgehead atoms. The zero-order chi connectivity index (χ0) is 22.8. The fourth-order valence-electron chi connectivity index (χ4n) is 4.39. The number of benzene rings is 1. The molecule has 0 aliphatic carbocycles. The minimum Gasteiger partial charge on any atom is -0.376 e. The third kappa shape index (κ3) is 4.61. The van der Waals surface area contributed by atoms with Crippen molar-refractivity contribution in [2.45, 2.75) is 57.2 Å². The van der Waals surface area contributed by atoms with Crippen molar-refractivity contribution >= 4 is 17.7 Å². The molecule has 0 saturated carbocycles. The number of carbonyl (C=O) groups is 3. The van der Waals surface area contributed by atoms with Crippen LogP contribution in [0.25, 0.3) is 0 Å². The van der Waals surface area contributed by atoms with Gasteiger partial charge in [-0.1, -0.05) is 18.2 Å². The molecule has 1 aromatic rings. The summed E-state index contributed by atoms with van der Waals surface area (Å²) in [7, 11) is 0. The molecule has 1 aromatic carbocycles. The van der Waals surface area contributed by atoms with E-state index >= 15 is 0 Å². The quantitative estimate of drug-likeness (QED) is 0.611. The molecule has 2 aliphatic rings. The smallest absolute Gasteiger partial charge is 0.376 e. The fourth-order valence-corrected chi connectivity index (χ4v) is 4.39. The van der Waals surface area contributed by atoms with Crippen LogP contribution >= 0.6 is 0 Å². The maximum atomic E-state index is 13.3. The first-order chi connectivity index (χ1) is 14.6. The summed E-state index contributed by atoms with van der Waals surface area (Å²) in [6, 6.07) is 4.39. The van der Waals surface area contributed by atoms with Crippen molar-refractivity contribution in [2.75, 3.05) is 26.2 Å². The molecule has 31 heavy (non-hydrogen) atoms. The number of rotatable bonds is 7. The lowest BCUT2D eigenvalue weighted by atomic mass is 9.75. The van der Waals surface area contributed by atoms with E-state index in [1.165, 1.54) is 12.1 Å². The van der Waals surface area contributed by atoms with Gasteiger partial charge in [0.15, 0.2) is 0 Å². The van der Waals surface area contributed by atoms with Gasteiger partial charge >= 0.3 is 6.18 Å². The fraction of sp³-hybridized carbons (Fsp3) is 0.591. The monoisotopic (exact) mass is 440 g/mol. The van der Waals surface area contributed by atoms with Gasteiger partial charge in [0.2, 0.25) is 17.7 Å². The number of carbonyl (C=O) groups excluding carboxylic acids is 3. The van der Waals surface area contributed by atoms with E-state index in [0.29, 0.717) is 19.7 Å². The van der Waals surface area contributed by atoms with Gasteiger partial charge in [-0.25, -0.2) is 0 Å². The number of hydrogen-bond acceptors (Lipinski definition) is 4. The third-order valence-electron chi connectivity index (χ3n) is 6.10. The largest absolute Gasteiger partial charge is 0.416 e. The summed E-state index contributed by atoms with van der Waals surface area (Å²) in [4.78, 5) is 41.5. The van der Waals surface area contributed by atoms with Crippen LogP contribution in [0.5, 0.6) is 0 Å². The summed E-state index contributed by atoms with van der Waals surface area (Å²) in [6.07, 6.45) is -3.67. The van der Waals surface area contributed by atoms with Crippen LogP contribution in [-0.4, -0.2) is 59.9 Å². The van der Waals surface area contributed by atoms with Gasteiger partial charge in [-0.3, -0.25) is 19.3 Å². The Labute approximate surface area is 179 Å². The first-order valence-electron chi connectivity index (χ1n) is 10.5. The molecule has 2 heterocycles. The Balaban J connectivity index is 1.97. The van der Waals surface area contributed by atoms with Crippen molar-refractivity contribution in [2.24, 2.45) is 0 Å². The molecular formula is C22H27F3N2O4. The van der Waals surface area contributed by atoms with Crippen molar-refractivity contribution in [3.63, 3.8) is 0 Å². The third-order valence-corrected chi connectivity index (χ3v) is 6.10. The minimum atomic E-state index is -4.60. The number of imide groups is 1. The molecule has 2 saturated heterocycles. The summed E-state index contributed by atoms with van der Waals surface area (Å²) < 4.78 is 45.5. The molecule has 6 nitrogen and oxygen atoms in total. The molecule has 2 aliphatic heterocycles. The van der Waals surface area contributed by atoms with E-state index < -0.39 is 29.0 Å². The molecule has 0 radical (unpaired) electrons. The van der Waals surface area contributed by atoms with Gasteiger partial charge in [0.25, 0.3) is 0 Å². The Hall–Kier alpha value is -2.42. The zero-order valence-corrected chi connectivity index (χ0v) is 17.7. The molecule has 0 N–H and O–H groups in total. The number of nitrogens with zero attached hydrogens (tertiary/aromatic N) is 2. The van der Waals surface area contributed by atoms with Gasteiger partial charge in [0.05, 0.1) is 17.1 Å². The van der Waals surface area contributed by atoms with Crippen LogP contribution in [0.15, 0.2) is 24.3 Å². The Bertz CT molecular complexity index is 851. The minimum absolute atomic E-state index is 0.0399. The molecule has 3 rings (SSSR count). The summed E-state index contributed by atoms with van der Waals surface area (Å²) in [5.74, 6) is -1.49. The first kappa shape index (κ1) is 23.2. The lowest BCUT2D eigenvalue weighted by Crippen LogP contribution is -2.45. The van der Waals surface area contributed by atoms with E-state index in [1.807, 2.05) is 0 Å². The van der Waals surface area contributed by atoms with Crippen molar-refractivity contribution in [1.82, 2.24) is 9.80 Å². The van der Waals surface area contributed by atoms with Crippen LogP contribution in [0.2, 0.25) is 0 Å². The van der Waals surface area contributed by atoms with E-state index in [4.69, 9.17) is 4.74 Å². The number of amides is 3. The van der Waals surface area contributed by atoms with Gasteiger partial charge in [-0.2, -0.15) is 13.2 Å². The van der Waals surface area contributed by atoms with Crippen LogP contribution in [0.4, 0.5) is 13.2 Å². The Morgan fingerprint density at radius 1 is 1.29 bits per heavy atom. The second-order valence-electron chi connectivity index (χ2n) is 8.02. The van der Waals surface area contributed by atoms with Gasteiger partial charge in [0, 0.05) is 39.1 Å².